The molecule has 1 atom stereocenters. The smallest absolute Gasteiger partial charge is 0.261 e. The monoisotopic (exact) mass is 493 g/mol. The molecule has 0 fully saturated rings. The molecule has 3 aromatic rings. The summed E-state index contributed by atoms with van der Waals surface area (Å²) in [5.41, 5.74) is 2.98. The molecule has 0 saturated heterocycles. The van der Waals surface area contributed by atoms with Gasteiger partial charge < -0.3 is 9.30 Å². The van der Waals surface area contributed by atoms with Gasteiger partial charge in [0.15, 0.2) is 0 Å². The zero-order valence-corrected chi connectivity index (χ0v) is 19.1. The molecule has 0 saturated carbocycles. The van der Waals surface area contributed by atoms with Crippen LogP contribution in [-0.4, -0.2) is 22.6 Å². The fourth-order valence-corrected chi connectivity index (χ4v) is 4.91. The number of rotatable bonds is 4. The molecule has 1 amide bonds. The third kappa shape index (κ3) is 3.33. The molecule has 0 bridgehead atoms. The van der Waals surface area contributed by atoms with Gasteiger partial charge in [-0.05, 0) is 59.6 Å². The Hall–Kier alpha value is -2.02. The van der Waals surface area contributed by atoms with E-state index in [-0.39, 0.29) is 18.0 Å². The molecule has 1 unspecified atom stereocenters. The Balaban J connectivity index is 1.99. The highest BCUT2D eigenvalue weighted by molar-refractivity contribution is 9.10. The highest BCUT2D eigenvalue weighted by Crippen LogP contribution is 2.47. The van der Waals surface area contributed by atoms with E-state index in [1.165, 1.54) is 13.3 Å². The van der Waals surface area contributed by atoms with Gasteiger partial charge in [-0.2, -0.15) is 0 Å². The SMILES string of the molecule is COc1ncc(Cl)cc1N1C(=O)c2cc(Br)n(C(C)C)c2C1c1ccc(Cl)cc1. The van der Waals surface area contributed by atoms with Crippen LogP contribution >= 0.6 is 39.1 Å². The summed E-state index contributed by atoms with van der Waals surface area (Å²) >= 11 is 15.9. The minimum atomic E-state index is -0.377. The Kier molecular flexibility index (Phi) is 5.36. The summed E-state index contributed by atoms with van der Waals surface area (Å²) in [6, 6.07) is 10.8. The largest absolute Gasteiger partial charge is 0.480 e. The molecule has 5 nitrogen and oxygen atoms in total. The molecule has 1 aromatic carbocycles. The number of hydrogen-bond donors (Lipinski definition) is 0. The van der Waals surface area contributed by atoms with Crippen molar-refractivity contribution in [2.45, 2.75) is 25.9 Å². The molecule has 8 heteroatoms. The van der Waals surface area contributed by atoms with E-state index in [4.69, 9.17) is 27.9 Å². The molecule has 0 aliphatic carbocycles. The number of pyridine rings is 1. The topological polar surface area (TPSA) is 47.4 Å². The molecule has 0 spiro atoms. The minimum Gasteiger partial charge on any atom is -0.480 e. The molecule has 3 heterocycles. The van der Waals surface area contributed by atoms with Gasteiger partial charge in [0.1, 0.15) is 11.7 Å². The number of fused-ring (bicyclic) bond motifs is 1. The number of benzene rings is 1. The van der Waals surface area contributed by atoms with E-state index in [1.807, 2.05) is 30.3 Å². The van der Waals surface area contributed by atoms with Crippen LogP contribution in [0.25, 0.3) is 0 Å². The van der Waals surface area contributed by atoms with Crippen molar-refractivity contribution in [2.24, 2.45) is 0 Å². The van der Waals surface area contributed by atoms with Gasteiger partial charge in [0.05, 0.1) is 28.0 Å². The fraction of sp³-hybridized carbons (Fsp3) is 0.238. The van der Waals surface area contributed by atoms with Gasteiger partial charge in [0.25, 0.3) is 5.91 Å². The number of methoxy groups -OCH3 is 1. The predicted molar refractivity (Wildman–Crippen MR) is 118 cm³/mol. The van der Waals surface area contributed by atoms with Gasteiger partial charge in [0.2, 0.25) is 5.88 Å². The lowest BCUT2D eigenvalue weighted by molar-refractivity contribution is 0.0992. The summed E-state index contributed by atoms with van der Waals surface area (Å²) in [4.78, 5) is 19.5. The molecule has 0 N–H and O–H groups in total. The normalized spacial score (nSPS) is 15.9. The van der Waals surface area contributed by atoms with Crippen molar-refractivity contribution in [3.63, 3.8) is 0 Å². The molecule has 4 rings (SSSR count). The maximum Gasteiger partial charge on any atom is 0.261 e. The average Bonchev–Trinajstić information content (AvgIpc) is 3.15. The lowest BCUT2D eigenvalue weighted by Gasteiger charge is -2.29. The van der Waals surface area contributed by atoms with E-state index in [9.17, 15) is 4.79 Å². The van der Waals surface area contributed by atoms with Crippen LogP contribution in [0.4, 0.5) is 5.69 Å². The van der Waals surface area contributed by atoms with Gasteiger partial charge in [-0.25, -0.2) is 4.98 Å². The van der Waals surface area contributed by atoms with Crippen LogP contribution in [-0.2, 0) is 0 Å². The molecule has 1 aliphatic rings. The average molecular weight is 495 g/mol. The van der Waals surface area contributed by atoms with Crippen molar-refractivity contribution < 1.29 is 9.53 Å². The second-order valence-electron chi connectivity index (χ2n) is 7.04. The van der Waals surface area contributed by atoms with Crippen LogP contribution in [0.2, 0.25) is 10.0 Å². The Morgan fingerprint density at radius 3 is 2.45 bits per heavy atom. The van der Waals surface area contributed by atoms with Crippen LogP contribution < -0.4 is 9.64 Å². The number of carbonyl (C=O) groups is 1. The number of ether oxygens (including phenoxy) is 1. The highest BCUT2D eigenvalue weighted by atomic mass is 79.9. The number of amides is 1. The molecular formula is C21H18BrCl2N3O2. The fourth-order valence-electron chi connectivity index (χ4n) is 3.80. The van der Waals surface area contributed by atoms with Crippen molar-refractivity contribution in [1.29, 1.82) is 0 Å². The second-order valence-corrected chi connectivity index (χ2v) is 8.73. The number of anilines is 1. The van der Waals surface area contributed by atoms with Crippen molar-refractivity contribution in [3.8, 4) is 5.88 Å². The number of aromatic nitrogens is 2. The molecular weight excluding hydrogens is 477 g/mol. The standard InChI is InChI=1S/C21H18BrCl2N3O2/c1-11(2)26-17(22)9-15-19(26)18(12-4-6-13(23)7-5-12)27(21(15)28)16-8-14(24)10-25-20(16)29-3/h4-11,18H,1-3H3. The summed E-state index contributed by atoms with van der Waals surface area (Å²) in [6.07, 6.45) is 1.50. The quantitative estimate of drug-likeness (QED) is 0.428. The zero-order valence-electron chi connectivity index (χ0n) is 16.0. The maximum atomic E-state index is 13.6. The second kappa shape index (κ2) is 7.67. The van der Waals surface area contributed by atoms with E-state index in [2.05, 4.69) is 39.3 Å². The minimum absolute atomic E-state index is 0.137. The Bertz CT molecular complexity index is 1100. The van der Waals surface area contributed by atoms with Crippen molar-refractivity contribution in [2.75, 3.05) is 12.0 Å². The van der Waals surface area contributed by atoms with E-state index in [0.29, 0.717) is 27.2 Å². The summed E-state index contributed by atoms with van der Waals surface area (Å²) in [7, 11) is 1.52. The molecule has 0 radical (unpaired) electrons. The zero-order chi connectivity index (χ0) is 20.9. The number of carbonyl (C=O) groups excluding carboxylic acids is 1. The molecule has 2 aromatic heterocycles. The Labute approximate surface area is 187 Å². The number of halogens is 3. The number of nitrogens with zero attached hydrogens (tertiary/aromatic N) is 3. The van der Waals surface area contributed by atoms with Gasteiger partial charge in [-0.3, -0.25) is 9.69 Å². The molecule has 150 valence electrons. The lowest BCUT2D eigenvalue weighted by Crippen LogP contribution is -2.30. The molecule has 29 heavy (non-hydrogen) atoms. The van der Waals surface area contributed by atoms with Crippen LogP contribution in [0, 0.1) is 0 Å². The van der Waals surface area contributed by atoms with Crippen LogP contribution in [0.1, 0.15) is 47.5 Å². The lowest BCUT2D eigenvalue weighted by atomic mass is 10.0. The van der Waals surface area contributed by atoms with Crippen molar-refractivity contribution >= 4 is 50.7 Å². The van der Waals surface area contributed by atoms with Crippen LogP contribution in [0.5, 0.6) is 5.88 Å². The van der Waals surface area contributed by atoms with E-state index < -0.39 is 0 Å². The van der Waals surface area contributed by atoms with E-state index >= 15 is 0 Å². The maximum absolute atomic E-state index is 13.6. The summed E-state index contributed by atoms with van der Waals surface area (Å²) in [5.74, 6) is 0.199. The summed E-state index contributed by atoms with van der Waals surface area (Å²) in [6.45, 7) is 4.16. The Morgan fingerprint density at radius 2 is 1.83 bits per heavy atom. The third-order valence-corrected chi connectivity index (χ3v) is 6.02. The summed E-state index contributed by atoms with van der Waals surface area (Å²) in [5, 5.41) is 1.06. The van der Waals surface area contributed by atoms with Crippen LogP contribution in [0.3, 0.4) is 0 Å². The Morgan fingerprint density at radius 1 is 1.14 bits per heavy atom. The third-order valence-electron chi connectivity index (χ3n) is 4.95. The van der Waals surface area contributed by atoms with Crippen molar-refractivity contribution in [1.82, 2.24) is 9.55 Å². The predicted octanol–water partition coefficient (Wildman–Crippen LogP) is 6.29. The van der Waals surface area contributed by atoms with E-state index in [0.717, 1.165) is 15.9 Å². The first-order valence-electron chi connectivity index (χ1n) is 9.02. The summed E-state index contributed by atoms with van der Waals surface area (Å²) < 4.78 is 8.42. The van der Waals surface area contributed by atoms with Crippen molar-refractivity contribution in [3.05, 3.63) is 74.1 Å². The van der Waals surface area contributed by atoms with Gasteiger partial charge in [-0.15, -0.1) is 0 Å². The number of hydrogen-bond acceptors (Lipinski definition) is 3. The molecule has 1 aliphatic heterocycles. The van der Waals surface area contributed by atoms with Gasteiger partial charge >= 0.3 is 0 Å². The first-order valence-corrected chi connectivity index (χ1v) is 10.6. The van der Waals surface area contributed by atoms with Gasteiger partial charge in [-0.1, -0.05) is 35.3 Å². The highest BCUT2D eigenvalue weighted by Gasteiger charge is 2.44. The van der Waals surface area contributed by atoms with Crippen LogP contribution in [0.15, 0.2) is 47.2 Å². The first kappa shape index (κ1) is 20.3. The first-order chi connectivity index (χ1) is 13.8. The van der Waals surface area contributed by atoms with Gasteiger partial charge in [0, 0.05) is 17.3 Å². The van der Waals surface area contributed by atoms with E-state index in [1.54, 1.807) is 11.0 Å².